The number of piperazine rings is 1. The van der Waals surface area contributed by atoms with Gasteiger partial charge >= 0.3 is 0 Å². The lowest BCUT2D eigenvalue weighted by Crippen LogP contribution is -2.48. The highest BCUT2D eigenvalue weighted by Crippen LogP contribution is 2.11. The summed E-state index contributed by atoms with van der Waals surface area (Å²) in [6.07, 6.45) is 4.86. The van der Waals surface area contributed by atoms with Crippen LogP contribution in [0.2, 0.25) is 0 Å². The molecule has 0 spiro atoms. The summed E-state index contributed by atoms with van der Waals surface area (Å²) in [5.74, 6) is 0.589. The molecule has 2 aromatic rings. The van der Waals surface area contributed by atoms with E-state index in [1.807, 2.05) is 11.0 Å². The molecule has 2 heterocycles. The molecule has 3 rings (SSSR count). The van der Waals surface area contributed by atoms with Crippen LogP contribution in [0.3, 0.4) is 0 Å². The number of nitrogens with one attached hydrogen (secondary N) is 1. The molecule has 0 saturated carbocycles. The quantitative estimate of drug-likeness (QED) is 0.817. The molecule has 6 nitrogen and oxygen atoms in total. The highest BCUT2D eigenvalue weighted by atomic mass is 16.2. The lowest BCUT2D eigenvalue weighted by molar-refractivity contribution is 0.0622. The maximum Gasteiger partial charge on any atom is 0.274 e. The average molecular weight is 337 g/mol. The van der Waals surface area contributed by atoms with Gasteiger partial charge in [-0.3, -0.25) is 9.69 Å². The first-order chi connectivity index (χ1) is 12.3. The molecule has 0 aliphatic carbocycles. The molecule has 130 valence electrons. The van der Waals surface area contributed by atoms with Crippen molar-refractivity contribution in [2.24, 2.45) is 0 Å². The Labute approximate surface area is 148 Å². The van der Waals surface area contributed by atoms with Gasteiger partial charge in [-0.15, -0.1) is 6.58 Å². The van der Waals surface area contributed by atoms with E-state index in [-0.39, 0.29) is 5.91 Å². The molecular formula is C19H23N5O. The third-order valence-corrected chi connectivity index (χ3v) is 4.21. The van der Waals surface area contributed by atoms with Crippen LogP contribution in [0.15, 0.2) is 55.4 Å². The minimum atomic E-state index is -0.0536. The van der Waals surface area contributed by atoms with Gasteiger partial charge in [0, 0.05) is 39.3 Å². The molecular weight excluding hydrogens is 314 g/mol. The first kappa shape index (κ1) is 17.1. The number of hydrogen-bond donors (Lipinski definition) is 1. The van der Waals surface area contributed by atoms with Crippen molar-refractivity contribution in [1.29, 1.82) is 0 Å². The molecule has 0 atom stereocenters. The number of hydrogen-bond acceptors (Lipinski definition) is 5. The van der Waals surface area contributed by atoms with E-state index in [0.717, 1.165) is 19.6 Å². The first-order valence-corrected chi connectivity index (χ1v) is 8.48. The zero-order valence-electron chi connectivity index (χ0n) is 14.3. The molecule has 0 bridgehead atoms. The topological polar surface area (TPSA) is 61.4 Å². The minimum Gasteiger partial charge on any atom is -0.365 e. The van der Waals surface area contributed by atoms with Gasteiger partial charge in [0.1, 0.15) is 11.5 Å². The summed E-state index contributed by atoms with van der Waals surface area (Å²) in [5.41, 5.74) is 1.69. The molecule has 1 aliphatic rings. The average Bonchev–Trinajstić information content (AvgIpc) is 2.68. The Hall–Kier alpha value is -2.73. The number of benzene rings is 1. The van der Waals surface area contributed by atoms with Gasteiger partial charge in [-0.2, -0.15) is 0 Å². The number of aromatic nitrogens is 2. The number of carbonyl (C=O) groups excluding carboxylic acids is 1. The fraction of sp³-hybridized carbons (Fsp3) is 0.316. The molecule has 1 aromatic heterocycles. The second kappa shape index (κ2) is 8.39. The van der Waals surface area contributed by atoms with Gasteiger partial charge in [0.2, 0.25) is 0 Å². The second-order valence-corrected chi connectivity index (χ2v) is 6.01. The minimum absolute atomic E-state index is 0.0536. The summed E-state index contributed by atoms with van der Waals surface area (Å²) in [4.78, 5) is 25.2. The molecule has 1 N–H and O–H groups in total. The van der Waals surface area contributed by atoms with Crippen LogP contribution in [-0.4, -0.2) is 58.4 Å². The van der Waals surface area contributed by atoms with Crippen LogP contribution in [0, 0.1) is 0 Å². The van der Waals surface area contributed by atoms with Crippen molar-refractivity contribution in [3.63, 3.8) is 0 Å². The monoisotopic (exact) mass is 337 g/mol. The Morgan fingerprint density at radius 1 is 1.12 bits per heavy atom. The predicted octanol–water partition coefficient (Wildman–Crippen LogP) is 2.03. The Morgan fingerprint density at radius 2 is 1.88 bits per heavy atom. The second-order valence-electron chi connectivity index (χ2n) is 6.01. The van der Waals surface area contributed by atoms with E-state index >= 15 is 0 Å². The van der Waals surface area contributed by atoms with E-state index in [0.29, 0.717) is 31.1 Å². The SMILES string of the molecule is C=CCNc1cnc(C(=O)N2CCN(Cc3ccccc3)CC2)cn1. The van der Waals surface area contributed by atoms with Crippen molar-refractivity contribution >= 4 is 11.7 Å². The molecule has 1 amide bonds. The number of nitrogens with zero attached hydrogens (tertiary/aromatic N) is 4. The van der Waals surface area contributed by atoms with Crippen LogP contribution >= 0.6 is 0 Å². The van der Waals surface area contributed by atoms with Crippen molar-refractivity contribution in [2.75, 3.05) is 38.0 Å². The van der Waals surface area contributed by atoms with Crippen molar-refractivity contribution in [1.82, 2.24) is 19.8 Å². The van der Waals surface area contributed by atoms with Gasteiger partial charge in [0.05, 0.1) is 12.4 Å². The van der Waals surface area contributed by atoms with Crippen LogP contribution in [0.1, 0.15) is 16.1 Å². The zero-order chi connectivity index (χ0) is 17.5. The Balaban J connectivity index is 1.51. The van der Waals surface area contributed by atoms with Gasteiger partial charge in [-0.05, 0) is 5.56 Å². The Morgan fingerprint density at radius 3 is 2.52 bits per heavy atom. The van der Waals surface area contributed by atoms with Crippen LogP contribution in [0.25, 0.3) is 0 Å². The molecule has 1 aliphatic heterocycles. The predicted molar refractivity (Wildman–Crippen MR) is 98.3 cm³/mol. The number of carbonyl (C=O) groups is 1. The van der Waals surface area contributed by atoms with E-state index in [9.17, 15) is 4.79 Å². The summed E-state index contributed by atoms with van der Waals surface area (Å²) >= 11 is 0. The summed E-state index contributed by atoms with van der Waals surface area (Å²) in [6.45, 7) is 8.34. The third kappa shape index (κ3) is 4.64. The standard InChI is InChI=1S/C19H23N5O/c1-2-8-20-18-14-21-17(13-22-18)19(25)24-11-9-23(10-12-24)15-16-6-4-3-5-7-16/h2-7,13-14H,1,8-12,15H2,(H,20,22). The van der Waals surface area contributed by atoms with Gasteiger partial charge < -0.3 is 10.2 Å². The third-order valence-electron chi connectivity index (χ3n) is 4.21. The maximum absolute atomic E-state index is 12.6. The van der Waals surface area contributed by atoms with Crippen molar-refractivity contribution in [3.8, 4) is 0 Å². The molecule has 1 aromatic carbocycles. The van der Waals surface area contributed by atoms with E-state index in [1.54, 1.807) is 12.3 Å². The van der Waals surface area contributed by atoms with Crippen molar-refractivity contribution in [3.05, 3.63) is 66.6 Å². The fourth-order valence-electron chi connectivity index (χ4n) is 2.82. The molecule has 25 heavy (non-hydrogen) atoms. The first-order valence-electron chi connectivity index (χ1n) is 8.48. The van der Waals surface area contributed by atoms with E-state index in [4.69, 9.17) is 0 Å². The Bertz CT molecular complexity index is 694. The van der Waals surface area contributed by atoms with Crippen LogP contribution in [0.5, 0.6) is 0 Å². The van der Waals surface area contributed by atoms with Crippen LogP contribution < -0.4 is 5.32 Å². The summed E-state index contributed by atoms with van der Waals surface area (Å²) < 4.78 is 0. The van der Waals surface area contributed by atoms with Gasteiger partial charge in [-0.25, -0.2) is 9.97 Å². The molecule has 1 saturated heterocycles. The summed E-state index contributed by atoms with van der Waals surface area (Å²) in [5, 5.41) is 3.05. The zero-order valence-corrected chi connectivity index (χ0v) is 14.3. The summed E-state index contributed by atoms with van der Waals surface area (Å²) in [7, 11) is 0. The van der Waals surface area contributed by atoms with Crippen LogP contribution in [0.4, 0.5) is 5.82 Å². The van der Waals surface area contributed by atoms with E-state index in [1.165, 1.54) is 11.8 Å². The number of anilines is 1. The number of rotatable bonds is 6. The van der Waals surface area contributed by atoms with E-state index in [2.05, 4.69) is 51.0 Å². The highest BCUT2D eigenvalue weighted by molar-refractivity contribution is 5.92. The van der Waals surface area contributed by atoms with Crippen molar-refractivity contribution in [2.45, 2.75) is 6.54 Å². The molecule has 0 radical (unpaired) electrons. The lowest BCUT2D eigenvalue weighted by Gasteiger charge is -2.34. The van der Waals surface area contributed by atoms with Crippen molar-refractivity contribution < 1.29 is 4.79 Å². The van der Waals surface area contributed by atoms with E-state index < -0.39 is 0 Å². The summed E-state index contributed by atoms with van der Waals surface area (Å²) in [6, 6.07) is 10.4. The normalized spacial score (nSPS) is 15.0. The highest BCUT2D eigenvalue weighted by Gasteiger charge is 2.23. The van der Waals surface area contributed by atoms with Gasteiger partial charge in [0.25, 0.3) is 5.91 Å². The number of amides is 1. The van der Waals surface area contributed by atoms with Gasteiger partial charge in [0.15, 0.2) is 0 Å². The van der Waals surface area contributed by atoms with Crippen LogP contribution in [-0.2, 0) is 6.54 Å². The fourth-order valence-corrected chi connectivity index (χ4v) is 2.82. The Kier molecular flexibility index (Phi) is 5.74. The largest absolute Gasteiger partial charge is 0.365 e. The lowest BCUT2D eigenvalue weighted by atomic mass is 10.2. The maximum atomic E-state index is 12.6. The molecule has 6 heteroatoms. The molecule has 1 fully saturated rings. The molecule has 0 unspecified atom stereocenters. The smallest absolute Gasteiger partial charge is 0.274 e. The van der Waals surface area contributed by atoms with Gasteiger partial charge in [-0.1, -0.05) is 36.4 Å².